The van der Waals surface area contributed by atoms with Crippen LogP contribution in [0.4, 0.5) is 27.8 Å². The Labute approximate surface area is 256 Å². The van der Waals surface area contributed by atoms with Crippen molar-refractivity contribution in [1.29, 1.82) is 0 Å². The molecule has 0 spiro atoms. The predicted molar refractivity (Wildman–Crippen MR) is 168 cm³/mol. The van der Waals surface area contributed by atoms with Crippen LogP contribution in [0.1, 0.15) is 31.2 Å². The van der Waals surface area contributed by atoms with Crippen molar-refractivity contribution in [3.63, 3.8) is 0 Å². The first-order valence-corrected chi connectivity index (χ1v) is 14.4. The lowest BCUT2D eigenvalue weighted by molar-refractivity contribution is 0.0682. The number of hydrogen-bond acceptors (Lipinski definition) is 11. The molecule has 13 heteroatoms. The van der Waals surface area contributed by atoms with Gasteiger partial charge in [-0.2, -0.15) is 10.2 Å². The number of carboxylic acids is 2. The number of likely N-dealkylation sites (N-methyl/N-ethyl adjacent to an activating group) is 1. The molecule has 0 saturated carbocycles. The molecule has 44 heavy (non-hydrogen) atoms. The van der Waals surface area contributed by atoms with E-state index in [0.717, 1.165) is 67.7 Å². The number of fused-ring (bicyclic) bond motifs is 2. The first kappa shape index (κ1) is 30.2. The van der Waals surface area contributed by atoms with E-state index in [-0.39, 0.29) is 22.5 Å². The fraction of sp³-hybridized carbons (Fsp3) is 0.194. The highest BCUT2D eigenvalue weighted by Crippen LogP contribution is 2.39. The molecule has 0 unspecified atom stereocenters. The molecule has 0 radical (unpaired) electrons. The number of aromatic hydroxyl groups is 2. The van der Waals surface area contributed by atoms with Crippen LogP contribution in [0.3, 0.4) is 0 Å². The number of azo groups is 1. The van der Waals surface area contributed by atoms with Crippen LogP contribution >= 0.6 is 11.3 Å². The van der Waals surface area contributed by atoms with E-state index in [1.165, 1.54) is 27.6 Å². The number of piperazine rings is 1. The molecule has 0 bridgehead atoms. The van der Waals surface area contributed by atoms with Gasteiger partial charge in [-0.05, 0) is 68.6 Å². The van der Waals surface area contributed by atoms with Gasteiger partial charge in [-0.25, -0.2) is 14.6 Å². The van der Waals surface area contributed by atoms with Crippen LogP contribution in [0, 0.1) is 6.92 Å². The zero-order valence-electron chi connectivity index (χ0n) is 23.9. The van der Waals surface area contributed by atoms with Crippen molar-refractivity contribution in [1.82, 2.24) is 9.80 Å². The Bertz CT molecular complexity index is 1710. The molecule has 1 aromatic heterocycles. The summed E-state index contributed by atoms with van der Waals surface area (Å²) in [6.07, 6.45) is 0. The number of carboxylic acid groups (broad SMARTS) is 2. The number of amidine groups is 1. The van der Waals surface area contributed by atoms with Crippen LogP contribution in [0.2, 0.25) is 0 Å². The number of phenols is 2. The van der Waals surface area contributed by atoms with Crippen molar-refractivity contribution >= 4 is 56.9 Å². The predicted octanol–water partition coefficient (Wildman–Crippen LogP) is 6.35. The zero-order chi connectivity index (χ0) is 31.4. The zero-order valence-corrected chi connectivity index (χ0v) is 24.7. The van der Waals surface area contributed by atoms with Gasteiger partial charge in [0.2, 0.25) is 0 Å². The molecule has 0 amide bonds. The van der Waals surface area contributed by atoms with E-state index in [9.17, 15) is 19.8 Å². The Morgan fingerprint density at radius 2 is 1.41 bits per heavy atom. The number of aromatic carboxylic acids is 2. The minimum absolute atomic E-state index is 0.167. The number of rotatable bonds is 4. The van der Waals surface area contributed by atoms with Crippen molar-refractivity contribution in [3.05, 3.63) is 88.3 Å². The molecule has 5 N–H and O–H groups in total. The molecule has 2 aliphatic heterocycles. The maximum atomic E-state index is 10.9. The number of carbonyl (C=O) groups is 2. The highest BCUT2D eigenvalue weighted by Gasteiger charge is 2.25. The van der Waals surface area contributed by atoms with E-state index in [4.69, 9.17) is 15.2 Å². The Hall–Kier alpha value is -5.27. The molecular weight excluding hydrogens is 584 g/mol. The number of nitrogens with zero attached hydrogens (tertiary/aromatic N) is 5. The van der Waals surface area contributed by atoms with E-state index in [1.807, 2.05) is 0 Å². The summed E-state index contributed by atoms with van der Waals surface area (Å²) in [4.78, 5) is 32.9. The van der Waals surface area contributed by atoms with Crippen LogP contribution in [0.15, 0.2) is 82.0 Å². The maximum Gasteiger partial charge on any atom is 0.339 e. The third-order valence-corrected chi connectivity index (χ3v) is 7.95. The molecule has 3 aromatic carbocycles. The van der Waals surface area contributed by atoms with Gasteiger partial charge in [-0.1, -0.05) is 12.1 Å². The normalized spacial score (nSPS) is 14.4. The van der Waals surface area contributed by atoms with Crippen molar-refractivity contribution in [2.75, 3.05) is 38.5 Å². The summed E-state index contributed by atoms with van der Waals surface area (Å²) in [7, 11) is 2.18. The molecule has 0 aliphatic carbocycles. The van der Waals surface area contributed by atoms with Crippen molar-refractivity contribution in [3.8, 4) is 11.5 Å². The Morgan fingerprint density at radius 3 is 1.98 bits per heavy atom. The number of para-hydroxylation sites is 2. The van der Waals surface area contributed by atoms with Crippen molar-refractivity contribution in [2.45, 2.75) is 6.92 Å². The summed E-state index contributed by atoms with van der Waals surface area (Å²) in [5, 5.41) is 48.8. The van der Waals surface area contributed by atoms with Gasteiger partial charge in [0.05, 0.1) is 28.3 Å². The van der Waals surface area contributed by atoms with E-state index in [1.54, 1.807) is 11.3 Å². The smallest absolute Gasteiger partial charge is 0.339 e. The SMILES string of the molecule is Cc1cc2c(s1)Nc1ccccc1N=C2N1CCN(C)CC1.O=C(O)c1cc(/N=N/c2ccc(O)c(C(=O)O)c2)ccc1O. The minimum atomic E-state index is -1.31. The quantitative estimate of drug-likeness (QED) is 0.164. The van der Waals surface area contributed by atoms with Gasteiger partial charge < -0.3 is 35.5 Å². The molecular formula is C31H30N6O6S. The lowest BCUT2D eigenvalue weighted by Crippen LogP contribution is -2.47. The number of aliphatic imine (C=N–C) groups is 1. The van der Waals surface area contributed by atoms with Gasteiger partial charge in [0.15, 0.2) is 0 Å². The van der Waals surface area contributed by atoms with Crippen LogP contribution in [0.5, 0.6) is 11.5 Å². The lowest BCUT2D eigenvalue weighted by atomic mass is 10.2. The number of benzene rings is 3. The molecule has 4 aromatic rings. The molecule has 1 saturated heterocycles. The van der Waals surface area contributed by atoms with Gasteiger partial charge in [0.1, 0.15) is 33.5 Å². The second-order valence-corrected chi connectivity index (χ2v) is 11.4. The summed E-state index contributed by atoms with van der Waals surface area (Å²) >= 11 is 1.81. The third-order valence-electron chi connectivity index (χ3n) is 6.98. The first-order valence-electron chi connectivity index (χ1n) is 13.6. The number of nitrogens with one attached hydrogen (secondary N) is 1. The molecule has 1 fully saturated rings. The number of hydrogen-bond donors (Lipinski definition) is 5. The second kappa shape index (κ2) is 12.9. The molecule has 0 atom stereocenters. The topological polar surface area (TPSA) is 171 Å². The summed E-state index contributed by atoms with van der Waals surface area (Å²) in [5.41, 5.74) is 3.04. The fourth-order valence-electron chi connectivity index (χ4n) is 4.64. The first-order chi connectivity index (χ1) is 21.1. The summed E-state index contributed by atoms with van der Waals surface area (Å²) in [5.74, 6) is -2.31. The van der Waals surface area contributed by atoms with Gasteiger partial charge in [-0.15, -0.1) is 11.3 Å². The number of thiophene rings is 1. The largest absolute Gasteiger partial charge is 0.507 e. The highest BCUT2D eigenvalue weighted by molar-refractivity contribution is 7.16. The molecule has 2 aliphatic rings. The summed E-state index contributed by atoms with van der Waals surface area (Å²) < 4.78 is 0. The van der Waals surface area contributed by atoms with Gasteiger partial charge in [0, 0.05) is 31.1 Å². The maximum absolute atomic E-state index is 10.9. The number of aryl methyl sites for hydroxylation is 1. The van der Waals surface area contributed by atoms with E-state index >= 15 is 0 Å². The average molecular weight is 615 g/mol. The molecule has 6 rings (SSSR count). The fourth-order valence-corrected chi connectivity index (χ4v) is 5.56. The monoisotopic (exact) mass is 614 g/mol. The van der Waals surface area contributed by atoms with E-state index < -0.39 is 23.4 Å². The van der Waals surface area contributed by atoms with E-state index in [0.29, 0.717) is 0 Å². The standard InChI is InChI=1S/C17H20N4S.C14H10N2O6/c1-12-11-13-16(21-9-7-20(2)8-10-21)18-14-5-3-4-6-15(14)19-17(13)22-12;17-11-3-1-7(5-9(11)13(19)20)15-16-8-2-4-12(18)10(6-8)14(21)22/h3-6,11,19H,7-10H2,1-2H3;1-6,17-18H,(H,19,20)(H,21,22)/b;16-15+. The van der Waals surface area contributed by atoms with Crippen LogP contribution in [-0.4, -0.2) is 81.2 Å². The van der Waals surface area contributed by atoms with Gasteiger partial charge in [-0.3, -0.25) is 0 Å². The van der Waals surface area contributed by atoms with Crippen molar-refractivity contribution in [2.24, 2.45) is 15.2 Å². The number of anilines is 2. The van der Waals surface area contributed by atoms with Crippen molar-refractivity contribution < 1.29 is 30.0 Å². The summed E-state index contributed by atoms with van der Waals surface area (Å²) in [6.45, 7) is 6.41. The summed E-state index contributed by atoms with van der Waals surface area (Å²) in [6, 6.07) is 17.8. The van der Waals surface area contributed by atoms with Crippen LogP contribution in [-0.2, 0) is 0 Å². The second-order valence-electron chi connectivity index (χ2n) is 10.2. The lowest BCUT2D eigenvalue weighted by Gasteiger charge is -2.34. The molecule has 12 nitrogen and oxygen atoms in total. The Morgan fingerprint density at radius 1 is 0.841 bits per heavy atom. The minimum Gasteiger partial charge on any atom is -0.507 e. The van der Waals surface area contributed by atoms with Crippen LogP contribution in [0.25, 0.3) is 0 Å². The Balaban J connectivity index is 0.000000175. The van der Waals surface area contributed by atoms with Crippen LogP contribution < -0.4 is 5.32 Å². The third kappa shape index (κ3) is 6.85. The molecule has 226 valence electrons. The highest BCUT2D eigenvalue weighted by atomic mass is 32.1. The Kier molecular flexibility index (Phi) is 8.88. The van der Waals surface area contributed by atoms with Gasteiger partial charge in [0.25, 0.3) is 0 Å². The molecule has 3 heterocycles. The average Bonchev–Trinajstić information content (AvgIpc) is 3.29. The van der Waals surface area contributed by atoms with Gasteiger partial charge >= 0.3 is 11.9 Å². The van der Waals surface area contributed by atoms with E-state index in [2.05, 4.69) is 69.6 Å².